The summed E-state index contributed by atoms with van der Waals surface area (Å²) in [5.74, 6) is -0.385. The van der Waals surface area contributed by atoms with Crippen molar-refractivity contribution in [2.45, 2.75) is 30.6 Å². The van der Waals surface area contributed by atoms with Crippen LogP contribution in [-0.2, 0) is 11.0 Å². The molecule has 1 saturated heterocycles. The number of piperidine rings is 1. The Kier molecular flexibility index (Phi) is 6.20. The first kappa shape index (κ1) is 19.5. The molecule has 0 saturated carbocycles. The third kappa shape index (κ3) is 5.35. The Morgan fingerprint density at radius 2 is 1.85 bits per heavy atom. The van der Waals surface area contributed by atoms with Crippen LogP contribution in [0.3, 0.4) is 0 Å². The predicted octanol–water partition coefficient (Wildman–Crippen LogP) is 4.22. The molecule has 0 unspecified atom stereocenters. The lowest BCUT2D eigenvalue weighted by molar-refractivity contribution is -0.137. The van der Waals surface area contributed by atoms with E-state index in [1.165, 1.54) is 6.07 Å². The van der Waals surface area contributed by atoms with E-state index < -0.39 is 17.6 Å². The molecule has 0 radical (unpaired) electrons. The fourth-order valence-corrected chi connectivity index (χ4v) is 3.50. The predicted molar refractivity (Wildman–Crippen MR) is 98.9 cm³/mol. The number of alkyl halides is 3. The number of hydrogen-bond donors (Lipinski definition) is 1. The van der Waals surface area contributed by atoms with Crippen molar-refractivity contribution in [2.24, 2.45) is 0 Å². The molecular formula is C18H19F3N4OS. The molecular weight excluding hydrogens is 377 g/mol. The van der Waals surface area contributed by atoms with Gasteiger partial charge in [0.15, 0.2) is 5.16 Å². The van der Waals surface area contributed by atoms with Crippen LogP contribution >= 0.6 is 11.8 Å². The molecule has 0 aliphatic carbocycles. The summed E-state index contributed by atoms with van der Waals surface area (Å²) in [6, 6.07) is 5.17. The fraction of sp³-hybridized carbons (Fsp3) is 0.389. The van der Waals surface area contributed by atoms with Crippen molar-refractivity contribution in [1.82, 2.24) is 9.97 Å². The lowest BCUT2D eigenvalue weighted by atomic mass is 10.1. The number of thioether (sulfide) groups is 1. The highest BCUT2D eigenvalue weighted by Gasteiger charge is 2.31. The van der Waals surface area contributed by atoms with E-state index in [-0.39, 0.29) is 11.4 Å². The number of hydrogen-bond acceptors (Lipinski definition) is 5. The Labute approximate surface area is 159 Å². The van der Waals surface area contributed by atoms with Gasteiger partial charge in [-0.1, -0.05) is 11.8 Å². The van der Waals surface area contributed by atoms with Crippen LogP contribution in [-0.4, -0.2) is 34.7 Å². The number of halogens is 3. The lowest BCUT2D eigenvalue weighted by Gasteiger charge is -2.31. The first-order chi connectivity index (χ1) is 12.9. The van der Waals surface area contributed by atoms with E-state index in [9.17, 15) is 18.0 Å². The summed E-state index contributed by atoms with van der Waals surface area (Å²) < 4.78 is 39.3. The van der Waals surface area contributed by atoms with E-state index >= 15 is 0 Å². The molecule has 1 fully saturated rings. The van der Waals surface area contributed by atoms with Gasteiger partial charge in [0.05, 0.1) is 22.7 Å². The van der Waals surface area contributed by atoms with Gasteiger partial charge in [0, 0.05) is 25.5 Å². The number of anilines is 2. The summed E-state index contributed by atoms with van der Waals surface area (Å²) in [5, 5.41) is 3.07. The van der Waals surface area contributed by atoms with Gasteiger partial charge >= 0.3 is 6.18 Å². The van der Waals surface area contributed by atoms with Crippen molar-refractivity contribution in [1.29, 1.82) is 0 Å². The monoisotopic (exact) mass is 396 g/mol. The molecule has 0 bridgehead atoms. The molecule has 5 nitrogen and oxygen atoms in total. The molecule has 0 spiro atoms. The second-order valence-electron chi connectivity index (χ2n) is 6.15. The van der Waals surface area contributed by atoms with Crippen LogP contribution in [0, 0.1) is 0 Å². The maximum atomic E-state index is 13.1. The lowest BCUT2D eigenvalue weighted by Crippen LogP contribution is -2.30. The van der Waals surface area contributed by atoms with Gasteiger partial charge in [0.1, 0.15) is 0 Å². The summed E-state index contributed by atoms with van der Waals surface area (Å²) in [5.41, 5.74) is 0.0286. The molecule has 1 N–H and O–H groups in total. The zero-order chi connectivity index (χ0) is 19.3. The van der Waals surface area contributed by atoms with Gasteiger partial charge < -0.3 is 10.2 Å². The Morgan fingerprint density at radius 1 is 1.15 bits per heavy atom. The Hall–Kier alpha value is -2.29. The first-order valence-corrected chi connectivity index (χ1v) is 9.58. The van der Waals surface area contributed by atoms with Crippen LogP contribution in [0.5, 0.6) is 0 Å². The number of nitrogens with one attached hydrogen (secondary N) is 1. The van der Waals surface area contributed by atoms with Gasteiger partial charge in [-0.25, -0.2) is 9.97 Å². The smallest absolute Gasteiger partial charge is 0.370 e. The molecule has 2 heterocycles. The highest BCUT2D eigenvalue weighted by Crippen LogP contribution is 2.36. The Balaban J connectivity index is 1.76. The number of rotatable bonds is 5. The summed E-state index contributed by atoms with van der Waals surface area (Å²) in [6.45, 7) is 1.53. The molecule has 144 valence electrons. The maximum Gasteiger partial charge on any atom is 0.416 e. The minimum Gasteiger partial charge on any atom is -0.370 e. The second-order valence-corrected chi connectivity index (χ2v) is 7.09. The molecule has 1 aliphatic rings. The van der Waals surface area contributed by atoms with Gasteiger partial charge in [-0.15, -0.1) is 0 Å². The van der Waals surface area contributed by atoms with Crippen LogP contribution in [0.1, 0.15) is 24.8 Å². The van der Waals surface area contributed by atoms with E-state index in [1.807, 2.05) is 4.90 Å². The molecule has 1 aromatic heterocycles. The van der Waals surface area contributed by atoms with Crippen LogP contribution in [0.2, 0.25) is 0 Å². The zero-order valence-electron chi connectivity index (χ0n) is 14.5. The number of amides is 1. The molecule has 1 aliphatic heterocycles. The average molecular weight is 396 g/mol. The molecule has 0 atom stereocenters. The van der Waals surface area contributed by atoms with Crippen LogP contribution < -0.4 is 10.2 Å². The topological polar surface area (TPSA) is 58.1 Å². The number of carbonyl (C=O) groups excluding carboxylic acids is 1. The van der Waals surface area contributed by atoms with Crippen LogP contribution in [0.4, 0.5) is 24.5 Å². The number of benzene rings is 1. The van der Waals surface area contributed by atoms with Gasteiger partial charge in [-0.3, -0.25) is 4.79 Å². The van der Waals surface area contributed by atoms with Crippen molar-refractivity contribution in [3.63, 3.8) is 0 Å². The summed E-state index contributed by atoms with van der Waals surface area (Å²) >= 11 is 1.13. The molecule has 9 heteroatoms. The minimum atomic E-state index is -4.47. The quantitative estimate of drug-likeness (QED) is 0.606. The highest BCUT2D eigenvalue weighted by molar-refractivity contribution is 7.99. The summed E-state index contributed by atoms with van der Waals surface area (Å²) in [6.07, 6.45) is 1.73. The molecule has 27 heavy (non-hydrogen) atoms. The van der Waals surface area contributed by atoms with E-state index in [1.54, 1.807) is 18.5 Å². The van der Waals surface area contributed by atoms with Gasteiger partial charge in [0.2, 0.25) is 5.91 Å². The maximum absolute atomic E-state index is 13.1. The third-order valence-corrected chi connectivity index (χ3v) is 5.04. The number of nitrogens with zero attached hydrogens (tertiary/aromatic N) is 3. The molecule has 1 aromatic carbocycles. The number of aromatic nitrogens is 2. The van der Waals surface area contributed by atoms with Crippen molar-refractivity contribution in [3.8, 4) is 0 Å². The summed E-state index contributed by atoms with van der Waals surface area (Å²) in [7, 11) is 0. The van der Waals surface area contributed by atoms with Gasteiger partial charge in [0.25, 0.3) is 0 Å². The first-order valence-electron chi connectivity index (χ1n) is 8.59. The van der Waals surface area contributed by atoms with Gasteiger partial charge in [-0.05, 0) is 43.5 Å². The SMILES string of the molecule is O=C(CSc1ncccn1)Nc1cc(C(F)(F)F)ccc1N1CCCCC1. The van der Waals surface area contributed by atoms with E-state index in [0.29, 0.717) is 10.8 Å². The minimum absolute atomic E-state index is 0.0136. The second kappa shape index (κ2) is 8.60. The van der Waals surface area contributed by atoms with Crippen molar-refractivity contribution >= 4 is 29.0 Å². The fourth-order valence-electron chi connectivity index (χ4n) is 2.90. The summed E-state index contributed by atoms with van der Waals surface area (Å²) in [4.78, 5) is 22.3. The molecule has 1 amide bonds. The Morgan fingerprint density at radius 3 is 2.52 bits per heavy atom. The van der Waals surface area contributed by atoms with Crippen molar-refractivity contribution in [2.75, 3.05) is 29.1 Å². The van der Waals surface area contributed by atoms with Crippen LogP contribution in [0.25, 0.3) is 0 Å². The van der Waals surface area contributed by atoms with Crippen molar-refractivity contribution < 1.29 is 18.0 Å². The zero-order valence-corrected chi connectivity index (χ0v) is 15.3. The third-order valence-electron chi connectivity index (χ3n) is 4.17. The standard InChI is InChI=1S/C18H19F3N4OS/c19-18(20,21)13-5-6-15(25-9-2-1-3-10-25)14(11-13)24-16(26)12-27-17-22-7-4-8-23-17/h4-8,11H,1-3,9-10,12H2,(H,24,26). The van der Waals surface area contributed by atoms with Gasteiger partial charge in [-0.2, -0.15) is 13.2 Å². The van der Waals surface area contributed by atoms with E-state index in [0.717, 1.165) is 56.2 Å². The van der Waals surface area contributed by atoms with E-state index in [4.69, 9.17) is 0 Å². The largest absolute Gasteiger partial charge is 0.416 e. The Bertz CT molecular complexity index is 780. The highest BCUT2D eigenvalue weighted by atomic mass is 32.2. The molecule has 3 rings (SSSR count). The van der Waals surface area contributed by atoms with Crippen LogP contribution in [0.15, 0.2) is 41.8 Å². The number of carbonyl (C=O) groups is 1. The van der Waals surface area contributed by atoms with Crippen molar-refractivity contribution in [3.05, 3.63) is 42.2 Å². The van der Waals surface area contributed by atoms with E-state index in [2.05, 4.69) is 15.3 Å². The molecule has 2 aromatic rings. The normalized spacial score (nSPS) is 14.9. The average Bonchev–Trinajstić information content (AvgIpc) is 2.67.